The van der Waals surface area contributed by atoms with Gasteiger partial charge in [0, 0.05) is 5.92 Å². The van der Waals surface area contributed by atoms with Crippen molar-refractivity contribution >= 4 is 0 Å². The first-order chi connectivity index (χ1) is 6.88. The normalized spacial score (nSPS) is 13.0. The van der Waals surface area contributed by atoms with Crippen molar-refractivity contribution < 1.29 is 0 Å². The molecule has 4 nitrogen and oxygen atoms in total. The third-order valence-electron chi connectivity index (χ3n) is 2.52. The van der Waals surface area contributed by atoms with Gasteiger partial charge in [0.05, 0.1) is 0 Å². The van der Waals surface area contributed by atoms with Crippen LogP contribution in [0.2, 0.25) is 0 Å². The maximum Gasteiger partial charge on any atom is 0.177 e. The zero-order chi connectivity index (χ0) is 10.2. The molecule has 1 heterocycles. The maximum atomic E-state index is 4.07. The quantitative estimate of drug-likeness (QED) is 0.682. The molecule has 14 heavy (non-hydrogen) atoms. The van der Waals surface area contributed by atoms with Gasteiger partial charge in [-0.25, -0.2) is 0 Å². The number of hydrogen-bond acceptors (Lipinski definition) is 3. The Hall–Kier alpha value is -0.930. The second-order valence-corrected chi connectivity index (χ2v) is 3.75. The van der Waals surface area contributed by atoms with Crippen LogP contribution in [-0.2, 0) is 0 Å². The topological polar surface area (TPSA) is 54.5 Å². The fraction of sp³-hybridized carbons (Fsp3) is 0.900. The minimum absolute atomic E-state index is 0.505. The van der Waals surface area contributed by atoms with E-state index in [9.17, 15) is 0 Å². The van der Waals surface area contributed by atoms with Gasteiger partial charge in [-0.3, -0.25) is 0 Å². The van der Waals surface area contributed by atoms with Gasteiger partial charge in [-0.05, 0) is 12.8 Å². The number of aromatic nitrogens is 4. The molecule has 1 aromatic heterocycles. The van der Waals surface area contributed by atoms with Crippen LogP contribution in [0.4, 0.5) is 0 Å². The zero-order valence-electron chi connectivity index (χ0n) is 9.16. The summed E-state index contributed by atoms with van der Waals surface area (Å²) in [4.78, 5) is 0. The Labute approximate surface area is 85.5 Å². The van der Waals surface area contributed by atoms with Crippen molar-refractivity contribution in [1.82, 2.24) is 20.6 Å². The van der Waals surface area contributed by atoms with Crippen LogP contribution in [0, 0.1) is 0 Å². The van der Waals surface area contributed by atoms with Crippen molar-refractivity contribution in [3.8, 4) is 0 Å². The van der Waals surface area contributed by atoms with Gasteiger partial charge in [-0.1, -0.05) is 44.7 Å². The first-order valence-electron chi connectivity index (χ1n) is 5.61. The molecular weight excluding hydrogens is 176 g/mol. The SMILES string of the molecule is CCCCCC(CCC)c1nn[nH]n1. The Balaban J connectivity index is 2.39. The number of tetrazole rings is 1. The summed E-state index contributed by atoms with van der Waals surface area (Å²) in [5.41, 5.74) is 0. The van der Waals surface area contributed by atoms with Crippen molar-refractivity contribution in [2.75, 3.05) is 0 Å². The van der Waals surface area contributed by atoms with E-state index in [1.807, 2.05) is 0 Å². The summed E-state index contributed by atoms with van der Waals surface area (Å²) in [6.07, 6.45) is 7.40. The number of nitrogens with one attached hydrogen (secondary N) is 1. The highest BCUT2D eigenvalue weighted by Gasteiger charge is 2.14. The standard InChI is InChI=1S/C10H20N4/c1-3-5-6-8-9(7-4-2)10-11-13-14-12-10/h9H,3-8H2,1-2H3,(H,11,12,13,14). The van der Waals surface area contributed by atoms with Crippen LogP contribution in [0.1, 0.15) is 64.1 Å². The predicted octanol–water partition coefficient (Wildman–Crippen LogP) is 2.66. The van der Waals surface area contributed by atoms with Gasteiger partial charge >= 0.3 is 0 Å². The Morgan fingerprint density at radius 2 is 2.00 bits per heavy atom. The summed E-state index contributed by atoms with van der Waals surface area (Å²) in [6.45, 7) is 4.43. The molecule has 1 atom stereocenters. The molecule has 0 spiro atoms. The molecular formula is C10H20N4. The third kappa shape index (κ3) is 3.44. The third-order valence-corrected chi connectivity index (χ3v) is 2.52. The lowest BCUT2D eigenvalue weighted by Crippen LogP contribution is -2.01. The molecule has 0 aliphatic rings. The molecule has 0 saturated carbocycles. The van der Waals surface area contributed by atoms with E-state index in [0.29, 0.717) is 5.92 Å². The second kappa shape index (κ2) is 6.51. The minimum Gasteiger partial charge on any atom is -0.177 e. The van der Waals surface area contributed by atoms with Crippen molar-refractivity contribution in [3.63, 3.8) is 0 Å². The van der Waals surface area contributed by atoms with Gasteiger partial charge in [0.2, 0.25) is 0 Å². The van der Waals surface area contributed by atoms with E-state index in [0.717, 1.165) is 5.82 Å². The van der Waals surface area contributed by atoms with Gasteiger partial charge in [-0.2, -0.15) is 5.21 Å². The summed E-state index contributed by atoms with van der Waals surface area (Å²) < 4.78 is 0. The van der Waals surface area contributed by atoms with E-state index >= 15 is 0 Å². The number of aromatic amines is 1. The fourth-order valence-corrected chi connectivity index (χ4v) is 1.73. The molecule has 0 fully saturated rings. The lowest BCUT2D eigenvalue weighted by atomic mass is 9.96. The number of H-pyrrole nitrogens is 1. The van der Waals surface area contributed by atoms with E-state index in [4.69, 9.17) is 0 Å². The Bertz CT molecular complexity index is 220. The van der Waals surface area contributed by atoms with E-state index in [1.165, 1.54) is 38.5 Å². The van der Waals surface area contributed by atoms with E-state index in [2.05, 4.69) is 34.5 Å². The molecule has 4 heteroatoms. The Morgan fingerprint density at radius 3 is 2.57 bits per heavy atom. The fourth-order valence-electron chi connectivity index (χ4n) is 1.73. The first kappa shape index (κ1) is 11.1. The number of nitrogens with zero attached hydrogens (tertiary/aromatic N) is 3. The highest BCUT2D eigenvalue weighted by molar-refractivity contribution is 4.90. The van der Waals surface area contributed by atoms with Crippen molar-refractivity contribution in [2.24, 2.45) is 0 Å². The lowest BCUT2D eigenvalue weighted by Gasteiger charge is -2.10. The molecule has 0 aromatic carbocycles. The molecule has 0 amide bonds. The van der Waals surface area contributed by atoms with Crippen molar-refractivity contribution in [3.05, 3.63) is 5.82 Å². The summed E-state index contributed by atoms with van der Waals surface area (Å²) in [5, 5.41) is 14.3. The van der Waals surface area contributed by atoms with Gasteiger partial charge in [0.15, 0.2) is 5.82 Å². The summed E-state index contributed by atoms with van der Waals surface area (Å²) >= 11 is 0. The molecule has 1 N–H and O–H groups in total. The lowest BCUT2D eigenvalue weighted by molar-refractivity contribution is 0.508. The van der Waals surface area contributed by atoms with Gasteiger partial charge in [0.1, 0.15) is 0 Å². The molecule has 0 bridgehead atoms. The molecule has 1 rings (SSSR count). The summed E-state index contributed by atoms with van der Waals surface area (Å²) in [6, 6.07) is 0. The monoisotopic (exact) mass is 196 g/mol. The highest BCUT2D eigenvalue weighted by Crippen LogP contribution is 2.23. The molecule has 0 aliphatic carbocycles. The van der Waals surface area contributed by atoms with Gasteiger partial charge in [0.25, 0.3) is 0 Å². The van der Waals surface area contributed by atoms with Crippen LogP contribution in [0.15, 0.2) is 0 Å². The number of rotatable bonds is 7. The molecule has 80 valence electrons. The smallest absolute Gasteiger partial charge is 0.177 e. The molecule has 0 radical (unpaired) electrons. The van der Waals surface area contributed by atoms with E-state index in [1.54, 1.807) is 0 Å². The first-order valence-corrected chi connectivity index (χ1v) is 5.61. The minimum atomic E-state index is 0.505. The van der Waals surface area contributed by atoms with Crippen LogP contribution >= 0.6 is 0 Å². The summed E-state index contributed by atoms with van der Waals surface area (Å²) in [7, 11) is 0. The van der Waals surface area contributed by atoms with Crippen molar-refractivity contribution in [2.45, 2.75) is 58.3 Å². The average molecular weight is 196 g/mol. The van der Waals surface area contributed by atoms with Crippen LogP contribution in [-0.4, -0.2) is 20.6 Å². The van der Waals surface area contributed by atoms with E-state index in [-0.39, 0.29) is 0 Å². The van der Waals surface area contributed by atoms with Crippen LogP contribution in [0.3, 0.4) is 0 Å². The molecule has 1 aromatic rings. The maximum absolute atomic E-state index is 4.07. The van der Waals surface area contributed by atoms with Crippen LogP contribution in [0.5, 0.6) is 0 Å². The summed E-state index contributed by atoms with van der Waals surface area (Å²) in [5.74, 6) is 1.40. The number of hydrogen-bond donors (Lipinski definition) is 1. The number of unbranched alkanes of at least 4 members (excludes halogenated alkanes) is 2. The van der Waals surface area contributed by atoms with Gasteiger partial charge in [-0.15, -0.1) is 10.2 Å². The van der Waals surface area contributed by atoms with E-state index < -0.39 is 0 Å². The van der Waals surface area contributed by atoms with Crippen molar-refractivity contribution in [1.29, 1.82) is 0 Å². The Morgan fingerprint density at radius 1 is 1.14 bits per heavy atom. The van der Waals surface area contributed by atoms with Crippen LogP contribution < -0.4 is 0 Å². The zero-order valence-corrected chi connectivity index (χ0v) is 9.16. The van der Waals surface area contributed by atoms with Crippen LogP contribution in [0.25, 0.3) is 0 Å². The second-order valence-electron chi connectivity index (χ2n) is 3.75. The largest absolute Gasteiger partial charge is 0.177 e. The van der Waals surface area contributed by atoms with Gasteiger partial charge < -0.3 is 0 Å². The molecule has 0 saturated heterocycles. The Kier molecular flexibility index (Phi) is 5.19. The molecule has 1 unspecified atom stereocenters. The molecule has 0 aliphatic heterocycles. The predicted molar refractivity (Wildman–Crippen MR) is 56.0 cm³/mol. The average Bonchev–Trinajstić information content (AvgIpc) is 2.70. The highest BCUT2D eigenvalue weighted by atomic mass is 15.5.